The predicted molar refractivity (Wildman–Crippen MR) is 88.5 cm³/mol. The molecule has 1 fully saturated rings. The Balaban J connectivity index is 0.00000242. The number of methoxy groups -OCH3 is 2. The van der Waals surface area contributed by atoms with E-state index < -0.39 is 0 Å². The summed E-state index contributed by atoms with van der Waals surface area (Å²) in [6, 6.07) is 7.69. The maximum absolute atomic E-state index is 12.5. The largest absolute Gasteiger partial charge is 0.497 e. The summed E-state index contributed by atoms with van der Waals surface area (Å²) < 4.78 is 10.6. The highest BCUT2D eigenvalue weighted by molar-refractivity contribution is 5.85. The number of nitrogens with two attached hydrogens (primary N) is 1. The Kier molecular flexibility index (Phi) is 7.65. The standard InChI is InChI=1S/C16H24N2O3.ClH/c1-20-14-5-3-4-12(8-14)9-16(19)18-7-6-15(21-2)10-13(18)11-17;/h3-5,8,13,15H,6-7,9-11,17H2,1-2H3;1H. The van der Waals surface area contributed by atoms with Gasteiger partial charge in [0.15, 0.2) is 0 Å². The molecule has 0 radical (unpaired) electrons. The smallest absolute Gasteiger partial charge is 0.227 e. The Bertz CT molecular complexity index is 484. The molecule has 2 N–H and O–H groups in total. The fraction of sp³-hybridized carbons (Fsp3) is 0.562. The van der Waals surface area contributed by atoms with E-state index in [9.17, 15) is 4.79 Å². The number of piperidine rings is 1. The maximum atomic E-state index is 12.5. The lowest BCUT2D eigenvalue weighted by Gasteiger charge is -2.38. The zero-order valence-corrected chi connectivity index (χ0v) is 14.0. The molecule has 0 aromatic heterocycles. The molecule has 1 aromatic carbocycles. The number of benzene rings is 1. The highest BCUT2D eigenvalue weighted by Crippen LogP contribution is 2.21. The van der Waals surface area contributed by atoms with Gasteiger partial charge in [-0.1, -0.05) is 12.1 Å². The third-order valence-electron chi connectivity index (χ3n) is 4.08. The van der Waals surface area contributed by atoms with Crippen LogP contribution in [-0.2, 0) is 16.0 Å². The molecule has 1 heterocycles. The van der Waals surface area contributed by atoms with Crippen LogP contribution in [0.15, 0.2) is 24.3 Å². The number of carbonyl (C=O) groups excluding carboxylic acids is 1. The van der Waals surface area contributed by atoms with Gasteiger partial charge in [-0.05, 0) is 30.5 Å². The highest BCUT2D eigenvalue weighted by Gasteiger charge is 2.30. The van der Waals surface area contributed by atoms with E-state index in [1.54, 1.807) is 14.2 Å². The van der Waals surface area contributed by atoms with Gasteiger partial charge in [-0.2, -0.15) is 0 Å². The van der Waals surface area contributed by atoms with Gasteiger partial charge in [0.2, 0.25) is 5.91 Å². The van der Waals surface area contributed by atoms with Crippen LogP contribution in [0.3, 0.4) is 0 Å². The van der Waals surface area contributed by atoms with Crippen LogP contribution < -0.4 is 10.5 Å². The second kappa shape index (κ2) is 8.98. The van der Waals surface area contributed by atoms with E-state index in [0.29, 0.717) is 19.5 Å². The fourth-order valence-electron chi connectivity index (χ4n) is 2.84. The van der Waals surface area contributed by atoms with Crippen molar-refractivity contribution in [3.63, 3.8) is 0 Å². The van der Waals surface area contributed by atoms with Crippen molar-refractivity contribution in [2.24, 2.45) is 5.73 Å². The molecule has 124 valence electrons. The molecule has 2 rings (SSSR count). The first-order valence-corrected chi connectivity index (χ1v) is 7.33. The lowest BCUT2D eigenvalue weighted by Crippen LogP contribution is -2.51. The molecule has 0 aliphatic carbocycles. The summed E-state index contributed by atoms with van der Waals surface area (Å²) in [5.41, 5.74) is 6.78. The maximum Gasteiger partial charge on any atom is 0.227 e. The van der Waals surface area contributed by atoms with Gasteiger partial charge in [0.25, 0.3) is 0 Å². The van der Waals surface area contributed by atoms with Crippen LogP contribution in [0.25, 0.3) is 0 Å². The quantitative estimate of drug-likeness (QED) is 0.892. The lowest BCUT2D eigenvalue weighted by molar-refractivity contribution is -0.136. The number of carbonyl (C=O) groups is 1. The molecule has 0 saturated carbocycles. The first-order chi connectivity index (χ1) is 10.2. The van der Waals surface area contributed by atoms with E-state index in [-0.39, 0.29) is 30.5 Å². The zero-order valence-electron chi connectivity index (χ0n) is 13.2. The Morgan fingerprint density at radius 1 is 1.41 bits per heavy atom. The van der Waals surface area contributed by atoms with Gasteiger partial charge in [0, 0.05) is 26.2 Å². The first-order valence-electron chi connectivity index (χ1n) is 7.33. The van der Waals surface area contributed by atoms with Crippen LogP contribution in [0.5, 0.6) is 5.75 Å². The molecule has 6 heteroatoms. The molecule has 1 saturated heterocycles. The third-order valence-corrected chi connectivity index (χ3v) is 4.08. The van der Waals surface area contributed by atoms with Crippen molar-refractivity contribution in [1.82, 2.24) is 4.90 Å². The number of hydrogen-bond donors (Lipinski definition) is 1. The minimum atomic E-state index is 0. The minimum absolute atomic E-state index is 0. The highest BCUT2D eigenvalue weighted by atomic mass is 35.5. The number of halogens is 1. The Morgan fingerprint density at radius 2 is 2.18 bits per heavy atom. The van der Waals surface area contributed by atoms with Crippen LogP contribution >= 0.6 is 12.4 Å². The topological polar surface area (TPSA) is 64.8 Å². The van der Waals surface area contributed by atoms with E-state index in [1.807, 2.05) is 29.2 Å². The molecular weight excluding hydrogens is 304 g/mol. The van der Waals surface area contributed by atoms with Crippen molar-refractivity contribution in [3.05, 3.63) is 29.8 Å². The molecule has 0 spiro atoms. The van der Waals surface area contributed by atoms with Gasteiger partial charge in [0.1, 0.15) is 5.75 Å². The third kappa shape index (κ3) is 4.60. The Hall–Kier alpha value is -1.30. The average molecular weight is 329 g/mol. The summed E-state index contributed by atoms with van der Waals surface area (Å²) in [6.07, 6.45) is 2.28. The van der Waals surface area contributed by atoms with Crippen LogP contribution in [0.2, 0.25) is 0 Å². The van der Waals surface area contributed by atoms with Crippen molar-refractivity contribution in [3.8, 4) is 5.75 Å². The zero-order chi connectivity index (χ0) is 15.2. The van der Waals surface area contributed by atoms with E-state index in [4.69, 9.17) is 15.2 Å². The summed E-state index contributed by atoms with van der Waals surface area (Å²) in [5.74, 6) is 0.891. The minimum Gasteiger partial charge on any atom is -0.497 e. The van der Waals surface area contributed by atoms with Gasteiger partial charge in [-0.25, -0.2) is 0 Å². The number of likely N-dealkylation sites (tertiary alicyclic amines) is 1. The summed E-state index contributed by atoms with van der Waals surface area (Å²) in [7, 11) is 3.34. The summed E-state index contributed by atoms with van der Waals surface area (Å²) >= 11 is 0. The molecule has 2 atom stereocenters. The van der Waals surface area contributed by atoms with Gasteiger partial charge < -0.3 is 20.1 Å². The second-order valence-electron chi connectivity index (χ2n) is 5.39. The average Bonchev–Trinajstić information content (AvgIpc) is 2.54. The number of ether oxygens (including phenoxy) is 2. The van der Waals surface area contributed by atoms with Crippen molar-refractivity contribution in [1.29, 1.82) is 0 Å². The van der Waals surface area contributed by atoms with Crippen molar-refractivity contribution < 1.29 is 14.3 Å². The summed E-state index contributed by atoms with van der Waals surface area (Å²) in [5, 5.41) is 0. The normalized spacial score (nSPS) is 21.1. The van der Waals surface area contributed by atoms with Crippen LogP contribution in [0.1, 0.15) is 18.4 Å². The van der Waals surface area contributed by atoms with Crippen LogP contribution in [0.4, 0.5) is 0 Å². The van der Waals surface area contributed by atoms with Gasteiger partial charge >= 0.3 is 0 Å². The van der Waals surface area contributed by atoms with Crippen molar-refractivity contribution in [2.45, 2.75) is 31.4 Å². The molecular formula is C16H25ClN2O3. The van der Waals surface area contributed by atoms with Crippen LogP contribution in [0, 0.1) is 0 Å². The molecule has 1 aliphatic rings. The molecule has 22 heavy (non-hydrogen) atoms. The summed E-state index contributed by atoms with van der Waals surface area (Å²) in [6.45, 7) is 1.19. The molecule has 5 nitrogen and oxygen atoms in total. The Labute approximate surface area is 138 Å². The van der Waals surface area contributed by atoms with Gasteiger partial charge in [0.05, 0.1) is 19.6 Å². The molecule has 1 amide bonds. The molecule has 1 aromatic rings. The van der Waals surface area contributed by atoms with Gasteiger partial charge in [-0.3, -0.25) is 4.79 Å². The second-order valence-corrected chi connectivity index (χ2v) is 5.39. The molecule has 1 aliphatic heterocycles. The predicted octanol–water partition coefficient (Wildman–Crippen LogP) is 1.62. The lowest BCUT2D eigenvalue weighted by atomic mass is 9.98. The monoisotopic (exact) mass is 328 g/mol. The van der Waals surface area contributed by atoms with E-state index >= 15 is 0 Å². The Morgan fingerprint density at radius 3 is 2.82 bits per heavy atom. The molecule has 2 unspecified atom stereocenters. The number of nitrogens with zero attached hydrogens (tertiary/aromatic N) is 1. The SMILES string of the molecule is COc1cccc(CC(=O)N2CCC(OC)CC2CN)c1.Cl. The van der Waals surface area contributed by atoms with Crippen LogP contribution in [-0.4, -0.2) is 50.3 Å². The van der Waals surface area contributed by atoms with E-state index in [0.717, 1.165) is 24.2 Å². The number of amides is 1. The molecule has 0 bridgehead atoms. The number of rotatable bonds is 5. The van der Waals surface area contributed by atoms with Crippen molar-refractivity contribution in [2.75, 3.05) is 27.3 Å². The van der Waals surface area contributed by atoms with Gasteiger partial charge in [-0.15, -0.1) is 12.4 Å². The summed E-state index contributed by atoms with van der Waals surface area (Å²) in [4.78, 5) is 14.4. The van der Waals surface area contributed by atoms with Crippen molar-refractivity contribution >= 4 is 18.3 Å². The number of hydrogen-bond acceptors (Lipinski definition) is 4. The van der Waals surface area contributed by atoms with E-state index in [1.165, 1.54) is 0 Å². The first kappa shape index (κ1) is 18.7. The fourth-order valence-corrected chi connectivity index (χ4v) is 2.84. The van der Waals surface area contributed by atoms with E-state index in [2.05, 4.69) is 0 Å².